The predicted molar refractivity (Wildman–Crippen MR) is 63.1 cm³/mol. The summed E-state index contributed by atoms with van der Waals surface area (Å²) in [6, 6.07) is 4.67. The molecule has 0 aliphatic heterocycles. The fourth-order valence-corrected chi connectivity index (χ4v) is 1.55. The first-order valence-electron chi connectivity index (χ1n) is 4.56. The topological polar surface area (TPSA) is 33.1 Å². The summed E-state index contributed by atoms with van der Waals surface area (Å²) >= 11 is 0. The molecule has 2 nitrogen and oxygen atoms in total. The van der Waals surface area contributed by atoms with E-state index in [1.807, 2.05) is 0 Å². The number of benzene rings is 1. The fraction of sp³-hybridized carbons (Fsp3) is 0.182. The molecule has 0 fully saturated rings. The van der Waals surface area contributed by atoms with Crippen LogP contribution in [0.5, 0.6) is 5.75 Å². The molecule has 0 radical (unpaired) electrons. The number of phenols is 1. The third-order valence-electron chi connectivity index (χ3n) is 2.28. The molecule has 0 aliphatic rings. The van der Waals surface area contributed by atoms with E-state index in [-0.39, 0.29) is 34.0 Å². The Labute approximate surface area is 106 Å². The number of aromatic nitrogens is 1. The van der Waals surface area contributed by atoms with Crippen molar-refractivity contribution in [2.45, 2.75) is 13.1 Å². The lowest BCUT2D eigenvalue weighted by atomic mass is 10.1. The third-order valence-corrected chi connectivity index (χ3v) is 2.28. The highest BCUT2D eigenvalue weighted by molar-refractivity contribution is 5.87. The Kier molecular flexibility index (Phi) is 3.70. The molecule has 1 aromatic heterocycles. The molecule has 2 aromatic rings. The molecule has 0 saturated carbocycles. The van der Waals surface area contributed by atoms with E-state index in [0.717, 1.165) is 12.1 Å². The second-order valence-electron chi connectivity index (χ2n) is 3.48. The quantitative estimate of drug-likeness (QED) is 0.733. The van der Waals surface area contributed by atoms with Gasteiger partial charge in [0.1, 0.15) is 11.3 Å². The smallest absolute Gasteiger partial charge is 0.417 e. The van der Waals surface area contributed by atoms with Crippen molar-refractivity contribution in [3.63, 3.8) is 0 Å². The van der Waals surface area contributed by atoms with E-state index in [4.69, 9.17) is 0 Å². The maximum Gasteiger partial charge on any atom is 0.417 e. The molecular weight excluding hydrogens is 246 g/mol. The van der Waals surface area contributed by atoms with Crippen molar-refractivity contribution in [3.8, 4) is 5.75 Å². The van der Waals surface area contributed by atoms with Crippen LogP contribution in [0.25, 0.3) is 10.9 Å². The van der Waals surface area contributed by atoms with Crippen LogP contribution >= 0.6 is 0 Å². The number of alkyl halides is 3. The number of nitrogens with zero attached hydrogens (tertiary/aromatic N) is 1. The highest BCUT2D eigenvalue weighted by Gasteiger charge is 2.33. The van der Waals surface area contributed by atoms with Gasteiger partial charge in [0.15, 0.2) is 17.4 Å². The van der Waals surface area contributed by atoms with E-state index in [0.29, 0.717) is 5.69 Å². The molecule has 1 aromatic carbocycles. The lowest BCUT2D eigenvalue weighted by Gasteiger charge is -2.11. The number of aromatic hydroxyl groups is 1. The average molecular weight is 257 g/mol. The molecule has 0 saturated heterocycles. The van der Waals surface area contributed by atoms with Crippen LogP contribution in [-0.4, -0.2) is 27.5 Å². The van der Waals surface area contributed by atoms with Gasteiger partial charge < -0.3 is 5.11 Å². The Morgan fingerprint density at radius 2 is 1.76 bits per heavy atom. The van der Waals surface area contributed by atoms with Crippen LogP contribution in [0.4, 0.5) is 13.2 Å². The molecule has 0 aliphatic carbocycles. The number of fused-ring (bicyclic) bond motifs is 1. The Morgan fingerprint density at radius 1 is 1.12 bits per heavy atom. The zero-order valence-corrected chi connectivity index (χ0v) is 8.34. The molecule has 1 N–H and O–H groups in total. The number of rotatable bonds is 0. The van der Waals surface area contributed by atoms with Crippen LogP contribution in [0.15, 0.2) is 24.3 Å². The van der Waals surface area contributed by atoms with Crippen LogP contribution in [0, 0.1) is 6.92 Å². The van der Waals surface area contributed by atoms with E-state index < -0.39 is 11.7 Å². The van der Waals surface area contributed by atoms with Crippen molar-refractivity contribution in [3.05, 3.63) is 35.5 Å². The van der Waals surface area contributed by atoms with Gasteiger partial charge in [0, 0.05) is 11.1 Å². The molecule has 1 heterocycles. The first kappa shape index (κ1) is 13.8. The Balaban J connectivity index is 0.00000144. The number of pyridine rings is 1. The normalized spacial score (nSPS) is 11.3. The van der Waals surface area contributed by atoms with E-state index in [1.165, 1.54) is 12.1 Å². The first-order valence-corrected chi connectivity index (χ1v) is 4.56. The Morgan fingerprint density at radius 3 is 2.35 bits per heavy atom. The zero-order chi connectivity index (χ0) is 11.9. The van der Waals surface area contributed by atoms with Gasteiger partial charge in [-0.3, -0.25) is 0 Å². The fourth-order valence-electron chi connectivity index (χ4n) is 1.55. The number of hydrogen-bond acceptors (Lipinski definition) is 2. The van der Waals surface area contributed by atoms with Gasteiger partial charge in [0.25, 0.3) is 0 Å². The SMILES string of the molecule is Cc1ccc2c(C(F)(F)F)ccc(O)c2n1.[AlH3]. The molecule has 0 atom stereocenters. The molecule has 0 bridgehead atoms. The summed E-state index contributed by atoms with van der Waals surface area (Å²) in [5.74, 6) is -0.244. The maximum absolute atomic E-state index is 12.6. The van der Waals surface area contributed by atoms with Gasteiger partial charge in [-0.2, -0.15) is 13.2 Å². The van der Waals surface area contributed by atoms with Gasteiger partial charge in [0.05, 0.1) is 5.56 Å². The number of halogens is 3. The summed E-state index contributed by atoms with van der Waals surface area (Å²) in [5, 5.41) is 9.37. The van der Waals surface area contributed by atoms with Gasteiger partial charge in [-0.15, -0.1) is 0 Å². The predicted octanol–water partition coefficient (Wildman–Crippen LogP) is 2.08. The van der Waals surface area contributed by atoms with Crippen LogP contribution in [-0.2, 0) is 6.18 Å². The first-order chi connectivity index (χ1) is 7.39. The molecule has 90 valence electrons. The minimum absolute atomic E-state index is 0. The monoisotopic (exact) mass is 257 g/mol. The second-order valence-corrected chi connectivity index (χ2v) is 3.48. The summed E-state index contributed by atoms with van der Waals surface area (Å²) in [4.78, 5) is 3.90. The van der Waals surface area contributed by atoms with Crippen LogP contribution in [0.3, 0.4) is 0 Å². The second kappa shape index (κ2) is 4.55. The zero-order valence-electron chi connectivity index (χ0n) is 8.34. The molecule has 0 amide bonds. The van der Waals surface area contributed by atoms with Gasteiger partial charge >= 0.3 is 6.18 Å². The van der Waals surface area contributed by atoms with Crippen molar-refractivity contribution in [1.82, 2.24) is 4.98 Å². The van der Waals surface area contributed by atoms with Crippen LogP contribution in [0.1, 0.15) is 11.3 Å². The van der Waals surface area contributed by atoms with Crippen LogP contribution < -0.4 is 0 Å². The minimum atomic E-state index is -4.44. The Bertz CT molecular complexity index is 554. The van der Waals surface area contributed by atoms with Gasteiger partial charge in [-0.25, -0.2) is 4.98 Å². The minimum Gasteiger partial charge on any atom is -0.506 e. The summed E-state index contributed by atoms with van der Waals surface area (Å²) < 4.78 is 37.9. The average Bonchev–Trinajstić information content (AvgIpc) is 2.17. The molecule has 17 heavy (non-hydrogen) atoms. The van der Waals surface area contributed by atoms with Crippen LogP contribution in [0.2, 0.25) is 0 Å². The lowest BCUT2D eigenvalue weighted by molar-refractivity contribution is -0.136. The van der Waals surface area contributed by atoms with Crippen molar-refractivity contribution < 1.29 is 18.3 Å². The summed E-state index contributed by atoms with van der Waals surface area (Å²) in [7, 11) is 0. The number of phenolic OH excluding ortho intramolecular Hbond substituents is 1. The summed E-state index contributed by atoms with van der Waals surface area (Å²) in [6.45, 7) is 1.65. The standard InChI is InChI=1S/C11H8F3NO.Al.3H/c1-6-2-3-7-8(11(12,13)14)4-5-9(16)10(7)15-6;;;;/h2-5,16H,1H3;;;;. The summed E-state index contributed by atoms with van der Waals surface area (Å²) in [5.41, 5.74) is -0.246. The van der Waals surface area contributed by atoms with E-state index in [9.17, 15) is 18.3 Å². The molecule has 2 rings (SSSR count). The van der Waals surface area contributed by atoms with E-state index >= 15 is 0 Å². The maximum atomic E-state index is 12.6. The number of hydrogen-bond donors (Lipinski definition) is 1. The van der Waals surface area contributed by atoms with Gasteiger partial charge in [-0.1, -0.05) is 6.07 Å². The highest BCUT2D eigenvalue weighted by atomic mass is 27.0. The largest absolute Gasteiger partial charge is 0.506 e. The van der Waals surface area contributed by atoms with Gasteiger partial charge in [-0.05, 0) is 25.1 Å². The van der Waals surface area contributed by atoms with E-state index in [2.05, 4.69) is 4.98 Å². The van der Waals surface area contributed by atoms with Gasteiger partial charge in [0.2, 0.25) is 0 Å². The molecular formula is C11H11AlF3NO. The van der Waals surface area contributed by atoms with Crippen molar-refractivity contribution in [1.29, 1.82) is 0 Å². The van der Waals surface area contributed by atoms with Crippen molar-refractivity contribution >= 4 is 28.3 Å². The summed E-state index contributed by atoms with van der Waals surface area (Å²) in [6.07, 6.45) is -4.44. The lowest BCUT2D eigenvalue weighted by Crippen LogP contribution is -2.06. The Hall–Kier alpha value is -1.25. The van der Waals surface area contributed by atoms with Crippen molar-refractivity contribution in [2.75, 3.05) is 0 Å². The molecule has 0 spiro atoms. The molecule has 0 unspecified atom stereocenters. The highest BCUT2D eigenvalue weighted by Crippen LogP contribution is 2.37. The van der Waals surface area contributed by atoms with E-state index in [1.54, 1.807) is 6.92 Å². The molecule has 6 heteroatoms. The number of aryl methyl sites for hydroxylation is 1. The third kappa shape index (κ3) is 2.54. The van der Waals surface area contributed by atoms with Crippen molar-refractivity contribution in [2.24, 2.45) is 0 Å².